The summed E-state index contributed by atoms with van der Waals surface area (Å²) in [5, 5.41) is 10.3. The number of hydrogen-bond acceptors (Lipinski definition) is 7. The lowest BCUT2D eigenvalue weighted by Crippen LogP contribution is -2.33. The third-order valence-corrected chi connectivity index (χ3v) is 6.90. The topological polar surface area (TPSA) is 107 Å². The van der Waals surface area contributed by atoms with E-state index in [1.165, 1.54) is 15.9 Å². The molecule has 9 nitrogen and oxygen atoms in total. The molecule has 0 aliphatic carbocycles. The van der Waals surface area contributed by atoms with Crippen molar-refractivity contribution in [1.29, 1.82) is 0 Å². The molecule has 0 saturated heterocycles. The number of carbonyl (C=O) groups is 1. The summed E-state index contributed by atoms with van der Waals surface area (Å²) in [6, 6.07) is 15.7. The van der Waals surface area contributed by atoms with Gasteiger partial charge in [-0.2, -0.15) is 5.10 Å². The second-order valence-corrected chi connectivity index (χ2v) is 9.67. The Labute approximate surface area is 226 Å². The first-order valence-corrected chi connectivity index (χ1v) is 13.0. The fourth-order valence-electron chi connectivity index (χ4n) is 4.47. The van der Waals surface area contributed by atoms with Gasteiger partial charge in [0.05, 0.1) is 28.3 Å². The van der Waals surface area contributed by atoms with Gasteiger partial charge in [-0.15, -0.1) is 11.3 Å². The van der Waals surface area contributed by atoms with Gasteiger partial charge >= 0.3 is 0 Å². The Morgan fingerprint density at radius 1 is 1.03 bits per heavy atom. The van der Waals surface area contributed by atoms with E-state index in [0.717, 1.165) is 0 Å². The van der Waals surface area contributed by atoms with E-state index in [4.69, 9.17) is 4.98 Å². The van der Waals surface area contributed by atoms with Crippen molar-refractivity contribution in [2.45, 2.75) is 19.9 Å². The van der Waals surface area contributed by atoms with E-state index in [1.54, 1.807) is 55.2 Å². The Morgan fingerprint density at radius 2 is 1.87 bits per heavy atom. The second-order valence-electron chi connectivity index (χ2n) is 8.78. The van der Waals surface area contributed by atoms with Crippen LogP contribution in [0.4, 0.5) is 0 Å². The molecule has 0 saturated carbocycles. The molecule has 6 rings (SSSR count). The van der Waals surface area contributed by atoms with E-state index in [9.17, 15) is 9.59 Å². The van der Waals surface area contributed by atoms with Gasteiger partial charge in [0.15, 0.2) is 10.7 Å². The van der Waals surface area contributed by atoms with Crippen LogP contribution in [0.3, 0.4) is 0 Å². The van der Waals surface area contributed by atoms with Crippen molar-refractivity contribution in [2.24, 2.45) is 0 Å². The van der Waals surface area contributed by atoms with Crippen LogP contribution in [-0.2, 0) is 0 Å². The summed E-state index contributed by atoms with van der Waals surface area (Å²) in [6.45, 7) is 3.56. The fourth-order valence-corrected chi connectivity index (χ4v) is 4.95. The van der Waals surface area contributed by atoms with Crippen LogP contribution in [0, 0.1) is 18.8 Å². The van der Waals surface area contributed by atoms with Crippen LogP contribution in [0.5, 0.6) is 0 Å². The molecule has 10 heteroatoms. The first-order valence-electron chi connectivity index (χ1n) is 12.1. The lowest BCUT2D eigenvalue weighted by atomic mass is 10.1. The molecule has 1 atom stereocenters. The molecule has 2 aromatic carbocycles. The normalized spacial score (nSPS) is 11.7. The molecule has 6 aromatic rings. The highest BCUT2D eigenvalue weighted by atomic mass is 32.1. The summed E-state index contributed by atoms with van der Waals surface area (Å²) < 4.78 is 3.10. The Kier molecular flexibility index (Phi) is 6.19. The number of thiazole rings is 1. The summed E-state index contributed by atoms with van der Waals surface area (Å²) in [4.78, 5) is 40.9. The summed E-state index contributed by atoms with van der Waals surface area (Å²) in [5.41, 5.74) is 2.77. The summed E-state index contributed by atoms with van der Waals surface area (Å²) >= 11 is 1.43. The monoisotopic (exact) mass is 531 g/mol. The van der Waals surface area contributed by atoms with Crippen LogP contribution in [0.15, 0.2) is 83.4 Å². The number of nitrogens with one attached hydrogen (secondary N) is 1. The van der Waals surface area contributed by atoms with Crippen LogP contribution < -0.4 is 10.9 Å². The number of aromatic nitrogens is 6. The molecule has 190 valence electrons. The minimum atomic E-state index is -0.627. The van der Waals surface area contributed by atoms with Crippen molar-refractivity contribution in [3.63, 3.8) is 0 Å². The SMILES string of the molecule is Cc1nn2cccnc2c1C(=O)N[C@@H](C)c1nc2cccc(C#Cc3nccs3)c2c(=O)n1-c1ccccc1. The number of para-hydroxylation sites is 1. The molecule has 0 unspecified atom stereocenters. The van der Waals surface area contributed by atoms with Gasteiger partial charge in [0.1, 0.15) is 11.4 Å². The Balaban J connectivity index is 1.48. The van der Waals surface area contributed by atoms with Gasteiger partial charge < -0.3 is 5.32 Å². The van der Waals surface area contributed by atoms with Crippen LogP contribution in [-0.4, -0.2) is 35.0 Å². The Morgan fingerprint density at radius 3 is 2.67 bits per heavy atom. The molecule has 0 aliphatic heterocycles. The number of amides is 1. The van der Waals surface area contributed by atoms with E-state index >= 15 is 0 Å². The minimum Gasteiger partial charge on any atom is -0.342 e. The largest absolute Gasteiger partial charge is 0.342 e. The van der Waals surface area contributed by atoms with Crippen molar-refractivity contribution >= 4 is 33.8 Å². The van der Waals surface area contributed by atoms with Crippen molar-refractivity contribution in [3.05, 3.63) is 117 Å². The highest BCUT2D eigenvalue weighted by Gasteiger charge is 2.24. The number of hydrogen-bond donors (Lipinski definition) is 1. The Hall–Kier alpha value is -5.14. The van der Waals surface area contributed by atoms with Crippen LogP contribution in [0.1, 0.15) is 45.4 Å². The molecule has 0 radical (unpaired) electrons. The van der Waals surface area contributed by atoms with Crippen molar-refractivity contribution in [1.82, 2.24) is 34.4 Å². The standard InChI is InChI=1S/C29H21N7O2S/c1-18-24(27-31-14-7-16-35(27)34-18)28(37)32-19(2)26-33-22-11-6-8-20(12-13-23-30-15-17-39-23)25(22)29(38)36(26)21-9-4-3-5-10-21/h3-11,14-17,19H,1-2H3,(H,32,37)/t19-/m0/s1. The first-order chi connectivity index (χ1) is 19.0. The van der Waals surface area contributed by atoms with Crippen molar-refractivity contribution in [3.8, 4) is 17.5 Å². The third kappa shape index (κ3) is 4.45. The summed E-state index contributed by atoms with van der Waals surface area (Å²) in [5.74, 6) is 6.15. The molecule has 1 N–H and O–H groups in total. The van der Waals surface area contributed by atoms with Gasteiger partial charge in [-0.3, -0.25) is 14.2 Å². The van der Waals surface area contributed by atoms with Gasteiger partial charge in [0.2, 0.25) is 0 Å². The highest BCUT2D eigenvalue weighted by molar-refractivity contribution is 7.10. The number of aryl methyl sites for hydroxylation is 1. The number of nitrogens with zero attached hydrogens (tertiary/aromatic N) is 6. The van der Waals surface area contributed by atoms with E-state index in [2.05, 4.69) is 32.2 Å². The van der Waals surface area contributed by atoms with Gasteiger partial charge in [0, 0.05) is 29.5 Å². The average Bonchev–Trinajstić information content (AvgIpc) is 3.59. The van der Waals surface area contributed by atoms with Crippen molar-refractivity contribution in [2.75, 3.05) is 0 Å². The molecule has 0 bridgehead atoms. The van der Waals surface area contributed by atoms with E-state index in [0.29, 0.717) is 49.9 Å². The predicted molar refractivity (Wildman–Crippen MR) is 149 cm³/mol. The van der Waals surface area contributed by atoms with E-state index < -0.39 is 6.04 Å². The maximum Gasteiger partial charge on any atom is 0.267 e. The molecule has 0 aliphatic rings. The van der Waals surface area contributed by atoms with Crippen LogP contribution in [0.25, 0.3) is 22.2 Å². The van der Waals surface area contributed by atoms with Gasteiger partial charge in [-0.1, -0.05) is 30.2 Å². The zero-order chi connectivity index (χ0) is 26.9. The molecular formula is C29H21N7O2S. The smallest absolute Gasteiger partial charge is 0.267 e. The van der Waals surface area contributed by atoms with Gasteiger partial charge in [-0.25, -0.2) is 19.5 Å². The zero-order valence-corrected chi connectivity index (χ0v) is 21.8. The van der Waals surface area contributed by atoms with Gasteiger partial charge in [-0.05, 0) is 50.1 Å². The Bertz CT molecular complexity index is 1970. The number of benzene rings is 2. The first kappa shape index (κ1) is 24.2. The molecular weight excluding hydrogens is 510 g/mol. The quantitative estimate of drug-likeness (QED) is 0.344. The maximum atomic E-state index is 14.1. The zero-order valence-electron chi connectivity index (χ0n) is 21.0. The highest BCUT2D eigenvalue weighted by Crippen LogP contribution is 2.21. The average molecular weight is 532 g/mol. The van der Waals surface area contributed by atoms with Crippen LogP contribution in [0.2, 0.25) is 0 Å². The maximum absolute atomic E-state index is 14.1. The lowest BCUT2D eigenvalue weighted by molar-refractivity contribution is 0.0938. The van der Waals surface area contributed by atoms with Gasteiger partial charge in [0.25, 0.3) is 11.5 Å². The third-order valence-electron chi connectivity index (χ3n) is 6.21. The predicted octanol–water partition coefficient (Wildman–Crippen LogP) is 4.08. The molecule has 4 heterocycles. The van der Waals surface area contributed by atoms with Crippen LogP contribution >= 0.6 is 11.3 Å². The lowest BCUT2D eigenvalue weighted by Gasteiger charge is -2.20. The number of carbonyl (C=O) groups excluding carboxylic acids is 1. The summed E-state index contributed by atoms with van der Waals surface area (Å²) in [7, 11) is 0. The number of rotatable bonds is 4. The number of fused-ring (bicyclic) bond motifs is 2. The molecule has 0 spiro atoms. The molecule has 39 heavy (non-hydrogen) atoms. The second kappa shape index (κ2) is 9.96. The van der Waals surface area contributed by atoms with E-state index in [1.807, 2.05) is 41.8 Å². The van der Waals surface area contributed by atoms with Crippen molar-refractivity contribution < 1.29 is 4.79 Å². The molecule has 4 aromatic heterocycles. The molecule has 1 amide bonds. The molecule has 0 fully saturated rings. The fraction of sp³-hybridized carbons (Fsp3) is 0.103. The minimum absolute atomic E-state index is 0.278. The van der Waals surface area contributed by atoms with E-state index in [-0.39, 0.29) is 11.5 Å². The summed E-state index contributed by atoms with van der Waals surface area (Å²) in [6.07, 6.45) is 5.04.